The molecule has 0 saturated carbocycles. The maximum atomic E-state index is 3.43. The number of anilines is 1. The molecule has 112 valence electrons. The maximum absolute atomic E-state index is 3.43. The fraction of sp³-hybridized carbons (Fsp3) is 0.368. The van der Waals surface area contributed by atoms with Crippen molar-refractivity contribution in [1.82, 2.24) is 5.32 Å². The molecule has 0 aromatic heterocycles. The lowest BCUT2D eigenvalue weighted by atomic mass is 10.1. The Morgan fingerprint density at radius 1 is 1.00 bits per heavy atom. The zero-order valence-electron chi connectivity index (χ0n) is 13.4. The largest absolute Gasteiger partial charge is 0.370 e. The average molecular weight is 282 g/mol. The predicted octanol–water partition coefficient (Wildman–Crippen LogP) is 4.13. The van der Waals surface area contributed by atoms with Gasteiger partial charge in [-0.15, -0.1) is 0 Å². The zero-order valence-corrected chi connectivity index (χ0v) is 13.4. The van der Waals surface area contributed by atoms with Crippen LogP contribution in [-0.2, 0) is 13.1 Å². The van der Waals surface area contributed by atoms with E-state index in [1.807, 2.05) is 0 Å². The SMILES string of the molecule is CCCNCc1ccc(N(C)Cc2cccc(C)c2)cc1. The van der Waals surface area contributed by atoms with E-state index in [2.05, 4.69) is 79.6 Å². The fourth-order valence-electron chi connectivity index (χ4n) is 2.45. The molecule has 2 rings (SSSR count). The Bertz CT molecular complexity index is 546. The Kier molecular flexibility index (Phi) is 5.82. The van der Waals surface area contributed by atoms with E-state index in [1.54, 1.807) is 0 Å². The van der Waals surface area contributed by atoms with Gasteiger partial charge >= 0.3 is 0 Å². The first-order valence-corrected chi connectivity index (χ1v) is 7.75. The minimum atomic E-state index is 0.940. The monoisotopic (exact) mass is 282 g/mol. The standard InChI is InChI=1S/C19H26N2/c1-4-12-20-14-17-8-10-19(11-9-17)21(3)15-18-7-5-6-16(2)13-18/h5-11,13,20H,4,12,14-15H2,1-3H3. The van der Waals surface area contributed by atoms with Crippen molar-refractivity contribution in [3.05, 3.63) is 65.2 Å². The molecule has 0 aliphatic carbocycles. The van der Waals surface area contributed by atoms with Gasteiger partial charge in [0.05, 0.1) is 0 Å². The summed E-state index contributed by atoms with van der Waals surface area (Å²) in [6.45, 7) is 7.30. The van der Waals surface area contributed by atoms with Crippen LogP contribution in [0.5, 0.6) is 0 Å². The number of rotatable bonds is 7. The molecular formula is C19H26N2. The number of nitrogens with one attached hydrogen (secondary N) is 1. The van der Waals surface area contributed by atoms with E-state index in [0.29, 0.717) is 0 Å². The van der Waals surface area contributed by atoms with Gasteiger partial charge < -0.3 is 10.2 Å². The molecule has 0 atom stereocenters. The third-order valence-electron chi connectivity index (χ3n) is 3.64. The van der Waals surface area contributed by atoms with E-state index in [1.165, 1.54) is 28.8 Å². The van der Waals surface area contributed by atoms with E-state index < -0.39 is 0 Å². The molecule has 2 aromatic carbocycles. The van der Waals surface area contributed by atoms with Crippen LogP contribution in [0.25, 0.3) is 0 Å². The average Bonchev–Trinajstić information content (AvgIpc) is 2.48. The van der Waals surface area contributed by atoms with E-state index in [9.17, 15) is 0 Å². The highest BCUT2D eigenvalue weighted by Crippen LogP contribution is 2.17. The lowest BCUT2D eigenvalue weighted by molar-refractivity contribution is 0.675. The summed E-state index contributed by atoms with van der Waals surface area (Å²) in [6, 6.07) is 17.5. The Balaban J connectivity index is 1.94. The smallest absolute Gasteiger partial charge is 0.0426 e. The molecule has 0 unspecified atom stereocenters. The predicted molar refractivity (Wildman–Crippen MR) is 91.7 cm³/mol. The summed E-state index contributed by atoms with van der Waals surface area (Å²) in [5.41, 5.74) is 5.27. The van der Waals surface area contributed by atoms with Crippen molar-refractivity contribution >= 4 is 5.69 Å². The molecular weight excluding hydrogens is 256 g/mol. The third-order valence-corrected chi connectivity index (χ3v) is 3.64. The molecule has 2 aromatic rings. The zero-order chi connectivity index (χ0) is 15.1. The van der Waals surface area contributed by atoms with Crippen LogP contribution in [0, 0.1) is 6.92 Å². The van der Waals surface area contributed by atoms with Crippen molar-refractivity contribution in [3.63, 3.8) is 0 Å². The number of hydrogen-bond donors (Lipinski definition) is 1. The van der Waals surface area contributed by atoms with Crippen molar-refractivity contribution in [2.75, 3.05) is 18.5 Å². The van der Waals surface area contributed by atoms with Gasteiger partial charge in [-0.25, -0.2) is 0 Å². The second kappa shape index (κ2) is 7.84. The maximum Gasteiger partial charge on any atom is 0.0426 e. The summed E-state index contributed by atoms with van der Waals surface area (Å²) >= 11 is 0. The normalized spacial score (nSPS) is 10.6. The van der Waals surface area contributed by atoms with Crippen LogP contribution in [0.3, 0.4) is 0 Å². The molecule has 0 amide bonds. The third kappa shape index (κ3) is 4.91. The topological polar surface area (TPSA) is 15.3 Å². The highest BCUT2D eigenvalue weighted by atomic mass is 15.1. The van der Waals surface area contributed by atoms with Gasteiger partial charge in [0.25, 0.3) is 0 Å². The number of benzene rings is 2. The van der Waals surface area contributed by atoms with Crippen molar-refractivity contribution in [2.45, 2.75) is 33.4 Å². The summed E-state index contributed by atoms with van der Waals surface area (Å²) < 4.78 is 0. The van der Waals surface area contributed by atoms with E-state index in [0.717, 1.165) is 19.6 Å². The Morgan fingerprint density at radius 2 is 1.76 bits per heavy atom. The second-order valence-electron chi connectivity index (χ2n) is 5.69. The summed E-state index contributed by atoms with van der Waals surface area (Å²) in [4.78, 5) is 2.29. The highest BCUT2D eigenvalue weighted by molar-refractivity contribution is 5.47. The molecule has 0 aliphatic rings. The molecule has 0 fully saturated rings. The van der Waals surface area contributed by atoms with E-state index in [-0.39, 0.29) is 0 Å². The molecule has 0 spiro atoms. The molecule has 1 N–H and O–H groups in total. The van der Waals surface area contributed by atoms with Crippen molar-refractivity contribution in [1.29, 1.82) is 0 Å². The van der Waals surface area contributed by atoms with Gasteiger partial charge in [-0.05, 0) is 43.1 Å². The van der Waals surface area contributed by atoms with Crippen LogP contribution in [0.2, 0.25) is 0 Å². The second-order valence-corrected chi connectivity index (χ2v) is 5.69. The molecule has 0 saturated heterocycles. The quantitative estimate of drug-likeness (QED) is 0.768. The van der Waals surface area contributed by atoms with Gasteiger partial charge in [-0.2, -0.15) is 0 Å². The van der Waals surface area contributed by atoms with E-state index in [4.69, 9.17) is 0 Å². The molecule has 2 nitrogen and oxygen atoms in total. The molecule has 0 heterocycles. The summed E-state index contributed by atoms with van der Waals surface area (Å²) in [6.07, 6.45) is 1.18. The first-order valence-electron chi connectivity index (χ1n) is 7.75. The fourth-order valence-corrected chi connectivity index (χ4v) is 2.45. The van der Waals surface area contributed by atoms with E-state index >= 15 is 0 Å². The van der Waals surface area contributed by atoms with Gasteiger partial charge in [0.2, 0.25) is 0 Å². The van der Waals surface area contributed by atoms with Crippen LogP contribution in [-0.4, -0.2) is 13.6 Å². The van der Waals surface area contributed by atoms with Crippen LogP contribution < -0.4 is 10.2 Å². The molecule has 0 bridgehead atoms. The number of hydrogen-bond acceptors (Lipinski definition) is 2. The van der Waals surface area contributed by atoms with Crippen molar-refractivity contribution in [3.8, 4) is 0 Å². The van der Waals surface area contributed by atoms with Crippen molar-refractivity contribution in [2.24, 2.45) is 0 Å². The Morgan fingerprint density at radius 3 is 2.43 bits per heavy atom. The van der Waals surface area contributed by atoms with Crippen molar-refractivity contribution < 1.29 is 0 Å². The minimum Gasteiger partial charge on any atom is -0.370 e. The highest BCUT2D eigenvalue weighted by Gasteiger charge is 2.02. The van der Waals surface area contributed by atoms with Crippen LogP contribution in [0.1, 0.15) is 30.0 Å². The van der Waals surface area contributed by atoms with Gasteiger partial charge in [0, 0.05) is 25.8 Å². The molecule has 0 radical (unpaired) electrons. The lowest BCUT2D eigenvalue weighted by Crippen LogP contribution is -2.17. The summed E-state index contributed by atoms with van der Waals surface area (Å²) in [5, 5.41) is 3.43. The summed E-state index contributed by atoms with van der Waals surface area (Å²) in [5.74, 6) is 0. The van der Waals surface area contributed by atoms with Gasteiger partial charge in [0.15, 0.2) is 0 Å². The Labute approximate surface area is 128 Å². The van der Waals surface area contributed by atoms with Gasteiger partial charge in [0.1, 0.15) is 0 Å². The van der Waals surface area contributed by atoms with Crippen LogP contribution in [0.15, 0.2) is 48.5 Å². The molecule has 21 heavy (non-hydrogen) atoms. The number of nitrogens with zero attached hydrogens (tertiary/aromatic N) is 1. The van der Waals surface area contributed by atoms with Gasteiger partial charge in [-0.3, -0.25) is 0 Å². The van der Waals surface area contributed by atoms with Crippen LogP contribution >= 0.6 is 0 Å². The van der Waals surface area contributed by atoms with Crippen LogP contribution in [0.4, 0.5) is 5.69 Å². The Hall–Kier alpha value is -1.80. The molecule has 0 aliphatic heterocycles. The molecule has 2 heteroatoms. The first kappa shape index (κ1) is 15.6. The number of aryl methyl sites for hydroxylation is 1. The minimum absolute atomic E-state index is 0.940. The van der Waals surface area contributed by atoms with Gasteiger partial charge in [-0.1, -0.05) is 48.9 Å². The first-order chi connectivity index (χ1) is 10.2. The summed E-state index contributed by atoms with van der Waals surface area (Å²) in [7, 11) is 2.15. The lowest BCUT2D eigenvalue weighted by Gasteiger charge is -2.20.